The number of nitrogens with zero attached hydrogens (tertiary/aromatic N) is 2. The fraction of sp³-hybridized carbons (Fsp3) is 0.357. The van der Waals surface area contributed by atoms with Crippen molar-refractivity contribution in [3.8, 4) is 0 Å². The number of hydrogen-bond acceptors (Lipinski definition) is 4. The van der Waals surface area contributed by atoms with Gasteiger partial charge in [-0.05, 0) is 44.4 Å². The highest BCUT2D eigenvalue weighted by molar-refractivity contribution is 6.31. The highest BCUT2D eigenvalue weighted by Crippen LogP contribution is 2.19. The fourth-order valence-electron chi connectivity index (χ4n) is 1.90. The van der Waals surface area contributed by atoms with E-state index >= 15 is 0 Å². The van der Waals surface area contributed by atoms with Gasteiger partial charge in [-0.15, -0.1) is 0 Å². The average Bonchev–Trinajstić information content (AvgIpc) is 2.35. The third kappa shape index (κ3) is 4.06. The Labute approximate surface area is 118 Å². The summed E-state index contributed by atoms with van der Waals surface area (Å²) in [6.45, 7) is 1.10. The summed E-state index contributed by atoms with van der Waals surface area (Å²) in [6, 6.07) is 9.45. The molecule has 0 radical (unpaired) electrons. The number of aliphatic hydroxyl groups is 1. The molecule has 1 atom stereocenters. The topological polar surface area (TPSA) is 48.4 Å². The maximum Gasteiger partial charge on any atom is 0.126 e. The molecule has 2 N–H and O–H groups in total. The Bertz CT molecular complexity index is 559. The molecule has 1 heterocycles. The molecule has 0 saturated carbocycles. The number of aromatic nitrogens is 1. The van der Waals surface area contributed by atoms with Crippen molar-refractivity contribution in [2.45, 2.75) is 6.10 Å². The van der Waals surface area contributed by atoms with Crippen LogP contribution in [0.2, 0.25) is 5.02 Å². The van der Waals surface area contributed by atoms with Crippen LogP contribution in [0, 0.1) is 0 Å². The van der Waals surface area contributed by atoms with E-state index in [9.17, 15) is 5.11 Å². The largest absolute Gasteiger partial charge is 0.390 e. The molecular formula is C14H18ClN3O. The van der Waals surface area contributed by atoms with E-state index in [-0.39, 0.29) is 0 Å². The molecule has 0 unspecified atom stereocenters. The second-order valence-electron chi connectivity index (χ2n) is 4.83. The Kier molecular flexibility index (Phi) is 4.58. The first-order chi connectivity index (χ1) is 9.04. The molecular weight excluding hydrogens is 262 g/mol. The SMILES string of the molecule is CN(C)C[C@@H](O)CNc1ccc2cc(Cl)ccc2n1. The van der Waals surface area contributed by atoms with E-state index in [0.29, 0.717) is 18.1 Å². The van der Waals surface area contributed by atoms with E-state index in [0.717, 1.165) is 16.7 Å². The Morgan fingerprint density at radius 3 is 2.84 bits per heavy atom. The van der Waals surface area contributed by atoms with Crippen LogP contribution in [0.4, 0.5) is 5.82 Å². The van der Waals surface area contributed by atoms with Gasteiger partial charge in [-0.1, -0.05) is 11.6 Å². The lowest BCUT2D eigenvalue weighted by Gasteiger charge is -2.16. The third-order valence-corrected chi connectivity index (χ3v) is 2.98. The lowest BCUT2D eigenvalue weighted by atomic mass is 10.2. The predicted octanol–water partition coefficient (Wildman–Crippen LogP) is 2.22. The normalized spacial score (nSPS) is 12.9. The Morgan fingerprint density at radius 2 is 2.11 bits per heavy atom. The molecule has 0 spiro atoms. The van der Waals surface area contributed by atoms with E-state index < -0.39 is 6.10 Å². The van der Waals surface area contributed by atoms with Crippen LogP contribution < -0.4 is 5.32 Å². The summed E-state index contributed by atoms with van der Waals surface area (Å²) in [4.78, 5) is 6.42. The summed E-state index contributed by atoms with van der Waals surface area (Å²) in [5, 5.41) is 14.6. The second kappa shape index (κ2) is 6.19. The summed E-state index contributed by atoms with van der Waals surface area (Å²) in [5.74, 6) is 0.757. The zero-order valence-electron chi connectivity index (χ0n) is 11.1. The molecule has 19 heavy (non-hydrogen) atoms. The van der Waals surface area contributed by atoms with Crippen molar-refractivity contribution >= 4 is 28.3 Å². The molecule has 5 heteroatoms. The van der Waals surface area contributed by atoms with Gasteiger partial charge in [-0.3, -0.25) is 0 Å². The van der Waals surface area contributed by atoms with Gasteiger partial charge in [-0.25, -0.2) is 4.98 Å². The van der Waals surface area contributed by atoms with Crippen molar-refractivity contribution in [2.75, 3.05) is 32.5 Å². The molecule has 2 rings (SSSR count). The van der Waals surface area contributed by atoms with Crippen LogP contribution in [0.1, 0.15) is 0 Å². The lowest BCUT2D eigenvalue weighted by Crippen LogP contribution is -2.31. The van der Waals surface area contributed by atoms with Crippen molar-refractivity contribution in [3.63, 3.8) is 0 Å². The van der Waals surface area contributed by atoms with Gasteiger partial charge in [0.05, 0.1) is 11.6 Å². The van der Waals surface area contributed by atoms with Gasteiger partial charge in [0.1, 0.15) is 5.82 Å². The van der Waals surface area contributed by atoms with E-state index in [1.807, 2.05) is 49.3 Å². The minimum Gasteiger partial charge on any atom is -0.390 e. The van der Waals surface area contributed by atoms with Gasteiger partial charge >= 0.3 is 0 Å². The first-order valence-electron chi connectivity index (χ1n) is 6.17. The molecule has 0 aliphatic heterocycles. The summed E-state index contributed by atoms with van der Waals surface area (Å²) in [7, 11) is 3.86. The number of likely N-dealkylation sites (N-methyl/N-ethyl adjacent to an activating group) is 1. The molecule has 0 amide bonds. The smallest absolute Gasteiger partial charge is 0.126 e. The number of rotatable bonds is 5. The van der Waals surface area contributed by atoms with Crippen molar-refractivity contribution < 1.29 is 5.11 Å². The van der Waals surface area contributed by atoms with E-state index in [2.05, 4.69) is 10.3 Å². The number of aliphatic hydroxyl groups excluding tert-OH is 1. The molecule has 1 aromatic heterocycles. The summed E-state index contributed by atoms with van der Waals surface area (Å²) in [5.41, 5.74) is 0.886. The van der Waals surface area contributed by atoms with Crippen molar-refractivity contribution in [1.82, 2.24) is 9.88 Å². The van der Waals surface area contributed by atoms with Crippen LogP contribution in [0.25, 0.3) is 10.9 Å². The number of pyridine rings is 1. The zero-order chi connectivity index (χ0) is 13.8. The molecule has 0 fully saturated rings. The standard InChI is InChI=1S/C14H18ClN3O/c1-18(2)9-12(19)8-16-14-6-3-10-7-11(15)4-5-13(10)17-14/h3-7,12,19H,8-9H2,1-2H3,(H,16,17)/t12-/m0/s1. The van der Waals surface area contributed by atoms with Crippen molar-refractivity contribution in [1.29, 1.82) is 0 Å². The monoisotopic (exact) mass is 279 g/mol. The van der Waals surface area contributed by atoms with Gasteiger partial charge < -0.3 is 15.3 Å². The zero-order valence-corrected chi connectivity index (χ0v) is 11.9. The molecule has 0 saturated heterocycles. The van der Waals surface area contributed by atoms with Crippen LogP contribution in [0.5, 0.6) is 0 Å². The quantitative estimate of drug-likeness (QED) is 0.881. The molecule has 4 nitrogen and oxygen atoms in total. The first kappa shape index (κ1) is 14.1. The number of benzene rings is 1. The number of nitrogens with one attached hydrogen (secondary N) is 1. The molecule has 0 aliphatic carbocycles. The van der Waals surface area contributed by atoms with E-state index in [4.69, 9.17) is 11.6 Å². The first-order valence-corrected chi connectivity index (χ1v) is 6.55. The van der Waals surface area contributed by atoms with Crippen LogP contribution in [-0.2, 0) is 0 Å². The van der Waals surface area contributed by atoms with Crippen LogP contribution in [0.3, 0.4) is 0 Å². The lowest BCUT2D eigenvalue weighted by molar-refractivity contribution is 0.148. The summed E-state index contributed by atoms with van der Waals surface area (Å²) >= 11 is 5.93. The minimum absolute atomic E-state index is 0.419. The highest BCUT2D eigenvalue weighted by atomic mass is 35.5. The van der Waals surface area contributed by atoms with Crippen LogP contribution in [0.15, 0.2) is 30.3 Å². The van der Waals surface area contributed by atoms with Crippen molar-refractivity contribution in [3.05, 3.63) is 35.4 Å². The van der Waals surface area contributed by atoms with E-state index in [1.165, 1.54) is 0 Å². The number of fused-ring (bicyclic) bond motifs is 1. The van der Waals surface area contributed by atoms with Gasteiger partial charge in [-0.2, -0.15) is 0 Å². The summed E-state index contributed by atoms with van der Waals surface area (Å²) in [6.07, 6.45) is -0.419. The molecule has 2 aromatic rings. The molecule has 102 valence electrons. The molecule has 0 bridgehead atoms. The van der Waals surface area contributed by atoms with Gasteiger partial charge in [0.15, 0.2) is 0 Å². The molecule has 1 aromatic carbocycles. The Hall–Kier alpha value is -1.36. The second-order valence-corrected chi connectivity index (χ2v) is 5.27. The maximum atomic E-state index is 9.78. The minimum atomic E-state index is -0.419. The maximum absolute atomic E-state index is 9.78. The van der Waals surface area contributed by atoms with Crippen molar-refractivity contribution in [2.24, 2.45) is 0 Å². The average molecular weight is 280 g/mol. The van der Waals surface area contributed by atoms with Crippen LogP contribution in [-0.4, -0.2) is 48.3 Å². The van der Waals surface area contributed by atoms with Gasteiger partial charge in [0, 0.05) is 23.5 Å². The number of hydrogen-bond donors (Lipinski definition) is 2. The number of halogens is 1. The number of anilines is 1. The van der Waals surface area contributed by atoms with Crippen LogP contribution >= 0.6 is 11.6 Å². The summed E-state index contributed by atoms with van der Waals surface area (Å²) < 4.78 is 0. The fourth-order valence-corrected chi connectivity index (χ4v) is 2.08. The van der Waals surface area contributed by atoms with Gasteiger partial charge in [0.2, 0.25) is 0 Å². The Balaban J connectivity index is 2.03. The Morgan fingerprint density at radius 1 is 1.32 bits per heavy atom. The molecule has 0 aliphatic rings. The highest BCUT2D eigenvalue weighted by Gasteiger charge is 2.06. The van der Waals surface area contributed by atoms with E-state index in [1.54, 1.807) is 0 Å². The third-order valence-electron chi connectivity index (χ3n) is 2.75. The van der Waals surface area contributed by atoms with Gasteiger partial charge in [0.25, 0.3) is 0 Å². The predicted molar refractivity (Wildman–Crippen MR) is 79.8 cm³/mol.